The highest BCUT2D eigenvalue weighted by Gasteiger charge is 2.00. The van der Waals surface area contributed by atoms with Gasteiger partial charge in [-0.05, 0) is 11.6 Å². The highest BCUT2D eigenvalue weighted by atomic mass is 16.3. The molecule has 2 rings (SSSR count). The number of H-pyrrole nitrogens is 1. The van der Waals surface area contributed by atoms with E-state index in [-0.39, 0.29) is 6.61 Å². The van der Waals surface area contributed by atoms with E-state index in [9.17, 15) is 0 Å². The Bertz CT molecular complexity index is 408. The minimum Gasteiger partial charge on any atom is -0.395 e. The van der Waals surface area contributed by atoms with E-state index in [1.54, 1.807) is 0 Å². The first-order valence-corrected chi connectivity index (χ1v) is 4.78. The molecule has 1 aromatic carbocycles. The molecule has 1 heterocycles. The molecule has 0 bridgehead atoms. The number of para-hydroxylation sites is 1. The van der Waals surface area contributed by atoms with Gasteiger partial charge in [0.1, 0.15) is 0 Å². The van der Waals surface area contributed by atoms with Crippen LogP contribution in [0.5, 0.6) is 0 Å². The van der Waals surface area contributed by atoms with Crippen molar-refractivity contribution in [2.45, 2.75) is 6.54 Å². The zero-order chi connectivity index (χ0) is 9.80. The largest absolute Gasteiger partial charge is 0.395 e. The van der Waals surface area contributed by atoms with Crippen LogP contribution < -0.4 is 5.32 Å². The van der Waals surface area contributed by atoms with E-state index in [1.807, 2.05) is 18.3 Å². The van der Waals surface area contributed by atoms with E-state index in [2.05, 4.69) is 22.4 Å². The zero-order valence-electron chi connectivity index (χ0n) is 7.96. The van der Waals surface area contributed by atoms with Gasteiger partial charge < -0.3 is 15.4 Å². The molecule has 0 unspecified atom stereocenters. The topological polar surface area (TPSA) is 48.0 Å². The summed E-state index contributed by atoms with van der Waals surface area (Å²) in [6.07, 6.45) is 2.01. The number of aliphatic hydroxyl groups excluding tert-OH is 1. The molecule has 74 valence electrons. The first kappa shape index (κ1) is 9.24. The predicted octanol–water partition coefficient (Wildman–Crippen LogP) is 1.25. The van der Waals surface area contributed by atoms with Gasteiger partial charge in [-0.2, -0.15) is 0 Å². The Balaban J connectivity index is 2.17. The van der Waals surface area contributed by atoms with Crippen LogP contribution in [0.25, 0.3) is 10.9 Å². The number of hydrogen-bond acceptors (Lipinski definition) is 2. The van der Waals surface area contributed by atoms with E-state index in [1.165, 1.54) is 10.9 Å². The Morgan fingerprint density at radius 2 is 2.14 bits per heavy atom. The molecule has 0 aliphatic carbocycles. The summed E-state index contributed by atoms with van der Waals surface area (Å²) in [6.45, 7) is 1.62. The van der Waals surface area contributed by atoms with Gasteiger partial charge >= 0.3 is 0 Å². The maximum Gasteiger partial charge on any atom is 0.0556 e. The van der Waals surface area contributed by atoms with Crippen LogP contribution in [0.15, 0.2) is 30.5 Å². The van der Waals surface area contributed by atoms with Crippen LogP contribution in [0.3, 0.4) is 0 Å². The van der Waals surface area contributed by atoms with E-state index in [0.717, 1.165) is 12.1 Å². The van der Waals surface area contributed by atoms with E-state index >= 15 is 0 Å². The number of benzene rings is 1. The Kier molecular flexibility index (Phi) is 2.81. The number of aliphatic hydroxyl groups is 1. The Labute approximate surface area is 82.8 Å². The van der Waals surface area contributed by atoms with Crippen LogP contribution in [0.1, 0.15) is 5.56 Å². The quantitative estimate of drug-likeness (QED) is 0.635. The van der Waals surface area contributed by atoms with E-state index in [4.69, 9.17) is 5.11 Å². The molecular formula is C11H14N2O. The summed E-state index contributed by atoms with van der Waals surface area (Å²) in [5, 5.41) is 13.0. The van der Waals surface area contributed by atoms with E-state index in [0.29, 0.717) is 6.54 Å². The molecule has 0 atom stereocenters. The summed E-state index contributed by atoms with van der Waals surface area (Å²) in [4.78, 5) is 3.21. The third-order valence-corrected chi connectivity index (χ3v) is 2.28. The van der Waals surface area contributed by atoms with Crippen LogP contribution in [0, 0.1) is 0 Å². The summed E-state index contributed by atoms with van der Waals surface area (Å²) >= 11 is 0. The molecule has 0 radical (unpaired) electrons. The van der Waals surface area contributed by atoms with Gasteiger partial charge in [-0.15, -0.1) is 0 Å². The number of aromatic nitrogens is 1. The molecule has 3 heteroatoms. The highest BCUT2D eigenvalue weighted by Crippen LogP contribution is 2.16. The van der Waals surface area contributed by atoms with Crippen LogP contribution in [0.4, 0.5) is 0 Å². The minimum absolute atomic E-state index is 0.183. The second-order valence-electron chi connectivity index (χ2n) is 3.26. The molecule has 0 saturated carbocycles. The van der Waals surface area contributed by atoms with Crippen LogP contribution in [-0.4, -0.2) is 23.2 Å². The summed E-state index contributed by atoms with van der Waals surface area (Å²) in [5.41, 5.74) is 2.40. The average Bonchev–Trinajstić information content (AvgIpc) is 2.63. The molecule has 0 aliphatic heterocycles. The van der Waals surface area contributed by atoms with Gasteiger partial charge in [-0.3, -0.25) is 0 Å². The smallest absolute Gasteiger partial charge is 0.0556 e. The van der Waals surface area contributed by atoms with Crippen LogP contribution in [0.2, 0.25) is 0 Å². The second kappa shape index (κ2) is 4.26. The molecule has 14 heavy (non-hydrogen) atoms. The fourth-order valence-corrected chi connectivity index (χ4v) is 1.58. The first-order valence-electron chi connectivity index (χ1n) is 4.78. The Hall–Kier alpha value is -1.32. The van der Waals surface area contributed by atoms with Crippen molar-refractivity contribution < 1.29 is 5.11 Å². The molecule has 1 aromatic heterocycles. The molecule has 2 aromatic rings. The predicted molar refractivity (Wildman–Crippen MR) is 57.1 cm³/mol. The van der Waals surface area contributed by atoms with Crippen molar-refractivity contribution in [3.63, 3.8) is 0 Å². The number of rotatable bonds is 4. The molecule has 0 spiro atoms. The maximum absolute atomic E-state index is 8.64. The minimum atomic E-state index is 0.183. The molecule has 3 nitrogen and oxygen atoms in total. The fraction of sp³-hybridized carbons (Fsp3) is 0.273. The summed E-state index contributed by atoms with van der Waals surface area (Å²) in [5.74, 6) is 0. The Morgan fingerprint density at radius 1 is 1.29 bits per heavy atom. The highest BCUT2D eigenvalue weighted by molar-refractivity contribution is 5.82. The lowest BCUT2D eigenvalue weighted by atomic mass is 10.2. The first-order chi connectivity index (χ1) is 6.92. The number of hydrogen-bond donors (Lipinski definition) is 3. The van der Waals surface area contributed by atoms with Crippen molar-refractivity contribution in [1.82, 2.24) is 10.3 Å². The van der Waals surface area contributed by atoms with Crippen molar-refractivity contribution >= 4 is 10.9 Å². The van der Waals surface area contributed by atoms with Gasteiger partial charge in [-0.25, -0.2) is 0 Å². The molecule has 0 aliphatic rings. The third-order valence-electron chi connectivity index (χ3n) is 2.28. The lowest BCUT2D eigenvalue weighted by molar-refractivity contribution is 0.292. The molecule has 0 amide bonds. The number of fused-ring (bicyclic) bond motifs is 1. The van der Waals surface area contributed by atoms with Gasteiger partial charge in [0.25, 0.3) is 0 Å². The van der Waals surface area contributed by atoms with Crippen LogP contribution in [-0.2, 0) is 6.54 Å². The number of aromatic amines is 1. The van der Waals surface area contributed by atoms with Crippen molar-refractivity contribution in [3.05, 3.63) is 36.0 Å². The standard InChI is InChI=1S/C11H14N2O/c14-6-5-12-7-9-8-13-11-4-2-1-3-10(9)11/h1-4,8,12-14H,5-7H2. The van der Waals surface area contributed by atoms with Crippen LogP contribution >= 0.6 is 0 Å². The zero-order valence-corrected chi connectivity index (χ0v) is 7.96. The molecule has 3 N–H and O–H groups in total. The summed E-state index contributed by atoms with van der Waals surface area (Å²) < 4.78 is 0. The lowest BCUT2D eigenvalue weighted by Crippen LogP contribution is -2.17. The molecular weight excluding hydrogens is 176 g/mol. The van der Waals surface area contributed by atoms with Gasteiger partial charge in [0.2, 0.25) is 0 Å². The van der Waals surface area contributed by atoms with Crippen molar-refractivity contribution in [1.29, 1.82) is 0 Å². The van der Waals surface area contributed by atoms with Gasteiger partial charge in [0.15, 0.2) is 0 Å². The second-order valence-corrected chi connectivity index (χ2v) is 3.26. The van der Waals surface area contributed by atoms with E-state index < -0.39 is 0 Å². The lowest BCUT2D eigenvalue weighted by Gasteiger charge is -2.00. The SMILES string of the molecule is OCCNCc1c[nH]c2ccccc12. The van der Waals surface area contributed by atoms with Crippen molar-refractivity contribution in [2.24, 2.45) is 0 Å². The third kappa shape index (κ3) is 1.78. The monoisotopic (exact) mass is 190 g/mol. The molecule has 0 fully saturated rings. The van der Waals surface area contributed by atoms with Crippen molar-refractivity contribution in [3.8, 4) is 0 Å². The van der Waals surface area contributed by atoms with Gasteiger partial charge in [-0.1, -0.05) is 18.2 Å². The van der Waals surface area contributed by atoms with Gasteiger partial charge in [0.05, 0.1) is 6.61 Å². The fourth-order valence-electron chi connectivity index (χ4n) is 1.58. The average molecular weight is 190 g/mol. The Morgan fingerprint density at radius 3 is 3.00 bits per heavy atom. The van der Waals surface area contributed by atoms with Crippen molar-refractivity contribution in [2.75, 3.05) is 13.2 Å². The normalized spacial score (nSPS) is 10.9. The molecule has 0 saturated heterocycles. The number of nitrogens with one attached hydrogen (secondary N) is 2. The summed E-state index contributed by atoms with van der Waals surface area (Å²) in [7, 11) is 0. The summed E-state index contributed by atoms with van der Waals surface area (Å²) in [6, 6.07) is 8.21. The van der Waals surface area contributed by atoms with Gasteiger partial charge in [0, 0.05) is 30.2 Å². The maximum atomic E-state index is 8.64.